The molecule has 152 valence electrons. The van der Waals surface area contributed by atoms with Crippen LogP contribution in [0.1, 0.15) is 38.2 Å². The summed E-state index contributed by atoms with van der Waals surface area (Å²) >= 11 is 6.37. The van der Waals surface area contributed by atoms with Crippen LogP contribution in [-0.4, -0.2) is 19.6 Å². The minimum absolute atomic E-state index is 0.0415. The lowest BCUT2D eigenvalue weighted by Gasteiger charge is -2.13. The summed E-state index contributed by atoms with van der Waals surface area (Å²) in [5, 5.41) is 12.5. The Hall–Kier alpha value is -2.97. The van der Waals surface area contributed by atoms with Crippen LogP contribution in [0, 0.1) is 11.3 Å². The fourth-order valence-electron chi connectivity index (χ4n) is 2.70. The number of nitrogens with one attached hydrogen (secondary N) is 1. The van der Waals surface area contributed by atoms with Crippen molar-refractivity contribution in [2.45, 2.75) is 32.6 Å². The summed E-state index contributed by atoms with van der Waals surface area (Å²) < 4.78 is 11.2. The first-order valence-corrected chi connectivity index (χ1v) is 9.95. The largest absolute Gasteiger partial charge is 0.493 e. The van der Waals surface area contributed by atoms with E-state index >= 15 is 0 Å². The number of ether oxygens (including phenoxy) is 2. The second-order valence-electron chi connectivity index (χ2n) is 6.43. The molecule has 6 heteroatoms. The molecule has 1 N–H and O–H groups in total. The van der Waals surface area contributed by atoms with E-state index in [0.717, 1.165) is 19.3 Å². The third kappa shape index (κ3) is 6.85. The Bertz CT molecular complexity index is 889. The molecule has 0 aliphatic rings. The summed E-state index contributed by atoms with van der Waals surface area (Å²) in [7, 11) is 1.52. The van der Waals surface area contributed by atoms with E-state index in [9.17, 15) is 10.1 Å². The smallest absolute Gasteiger partial charge is 0.266 e. The van der Waals surface area contributed by atoms with Gasteiger partial charge in [-0.3, -0.25) is 4.79 Å². The Balaban J connectivity index is 2.16. The molecular formula is C23H25ClN2O3. The second-order valence-corrected chi connectivity index (χ2v) is 6.84. The Labute approximate surface area is 176 Å². The summed E-state index contributed by atoms with van der Waals surface area (Å²) in [5.74, 6) is 0.431. The summed E-state index contributed by atoms with van der Waals surface area (Å²) in [5.41, 5.74) is 1.14. The fraction of sp³-hybridized carbons (Fsp3) is 0.304. The molecular weight excluding hydrogens is 388 g/mol. The molecule has 0 saturated heterocycles. The van der Waals surface area contributed by atoms with Gasteiger partial charge in [0.05, 0.1) is 18.7 Å². The zero-order valence-corrected chi connectivity index (χ0v) is 17.5. The van der Waals surface area contributed by atoms with E-state index in [4.69, 9.17) is 21.1 Å². The van der Waals surface area contributed by atoms with Gasteiger partial charge in [-0.1, -0.05) is 56.0 Å². The molecule has 0 saturated carbocycles. The third-order valence-electron chi connectivity index (χ3n) is 4.20. The summed E-state index contributed by atoms with van der Waals surface area (Å²) in [6, 6.07) is 14.2. The quantitative estimate of drug-likeness (QED) is 0.301. The van der Waals surface area contributed by atoms with Gasteiger partial charge in [0, 0.05) is 5.69 Å². The highest BCUT2D eigenvalue weighted by Crippen LogP contribution is 2.37. The molecule has 2 rings (SSSR count). The monoisotopic (exact) mass is 412 g/mol. The van der Waals surface area contributed by atoms with Crippen LogP contribution in [0.4, 0.5) is 5.69 Å². The molecule has 0 spiro atoms. The predicted octanol–water partition coefficient (Wildman–Crippen LogP) is 5.85. The van der Waals surface area contributed by atoms with Gasteiger partial charge in [0.15, 0.2) is 11.5 Å². The number of nitrogens with zero attached hydrogens (tertiary/aromatic N) is 1. The van der Waals surface area contributed by atoms with Crippen molar-refractivity contribution in [2.75, 3.05) is 19.0 Å². The van der Waals surface area contributed by atoms with Gasteiger partial charge in [-0.25, -0.2) is 0 Å². The van der Waals surface area contributed by atoms with E-state index < -0.39 is 5.91 Å². The maximum Gasteiger partial charge on any atom is 0.266 e. The molecule has 0 unspecified atom stereocenters. The topological polar surface area (TPSA) is 71.3 Å². The molecule has 2 aromatic carbocycles. The Morgan fingerprint density at radius 2 is 1.97 bits per heavy atom. The number of anilines is 1. The maximum absolute atomic E-state index is 12.4. The van der Waals surface area contributed by atoms with E-state index in [2.05, 4.69) is 12.2 Å². The number of unbranched alkanes of at least 4 members (excludes halogenated alkanes) is 3. The van der Waals surface area contributed by atoms with Crippen LogP contribution in [-0.2, 0) is 4.79 Å². The molecule has 29 heavy (non-hydrogen) atoms. The van der Waals surface area contributed by atoms with Gasteiger partial charge in [0.25, 0.3) is 5.91 Å². The number of carbonyl (C=O) groups excluding carboxylic acids is 1. The number of rotatable bonds is 10. The summed E-state index contributed by atoms with van der Waals surface area (Å²) in [6.07, 6.45) is 5.83. The number of amides is 1. The molecule has 0 bridgehead atoms. The molecule has 0 atom stereocenters. The average molecular weight is 413 g/mol. The number of methoxy groups -OCH3 is 1. The number of halogens is 1. The van der Waals surface area contributed by atoms with Crippen molar-refractivity contribution in [3.63, 3.8) is 0 Å². The van der Waals surface area contributed by atoms with Crippen LogP contribution in [0.5, 0.6) is 11.5 Å². The Kier molecular flexibility index (Phi) is 9.07. The first-order valence-electron chi connectivity index (χ1n) is 9.57. The number of nitriles is 1. The van der Waals surface area contributed by atoms with Gasteiger partial charge < -0.3 is 14.8 Å². The zero-order chi connectivity index (χ0) is 21.1. The van der Waals surface area contributed by atoms with Crippen molar-refractivity contribution >= 4 is 29.3 Å². The number of hydrogen-bond acceptors (Lipinski definition) is 4. The van der Waals surface area contributed by atoms with Crippen molar-refractivity contribution in [3.8, 4) is 17.6 Å². The number of benzene rings is 2. The van der Waals surface area contributed by atoms with Gasteiger partial charge in [-0.2, -0.15) is 5.26 Å². The van der Waals surface area contributed by atoms with Gasteiger partial charge in [0.1, 0.15) is 11.6 Å². The lowest BCUT2D eigenvalue weighted by Crippen LogP contribution is -2.13. The first kappa shape index (κ1) is 22.3. The van der Waals surface area contributed by atoms with Gasteiger partial charge in [0.2, 0.25) is 0 Å². The van der Waals surface area contributed by atoms with Crippen molar-refractivity contribution in [1.29, 1.82) is 5.26 Å². The van der Waals surface area contributed by atoms with Crippen molar-refractivity contribution in [1.82, 2.24) is 0 Å². The highest BCUT2D eigenvalue weighted by atomic mass is 35.5. The van der Waals surface area contributed by atoms with Gasteiger partial charge in [-0.15, -0.1) is 0 Å². The molecule has 0 aromatic heterocycles. The third-order valence-corrected chi connectivity index (χ3v) is 4.48. The molecule has 5 nitrogen and oxygen atoms in total. The van der Waals surface area contributed by atoms with Crippen LogP contribution in [0.15, 0.2) is 48.0 Å². The summed E-state index contributed by atoms with van der Waals surface area (Å²) in [6.45, 7) is 2.71. The van der Waals surface area contributed by atoms with E-state index in [1.807, 2.05) is 12.1 Å². The molecule has 0 fully saturated rings. The van der Waals surface area contributed by atoms with E-state index in [-0.39, 0.29) is 5.57 Å². The van der Waals surface area contributed by atoms with Crippen molar-refractivity contribution in [3.05, 3.63) is 58.6 Å². The first-order chi connectivity index (χ1) is 14.1. The van der Waals surface area contributed by atoms with E-state index in [1.165, 1.54) is 19.6 Å². The standard InChI is InChI=1S/C23H25ClN2O3/c1-3-4-5-9-12-29-22-20(24)14-17(15-21(22)28-2)13-18(16-25)23(27)26-19-10-7-6-8-11-19/h6-8,10-11,13-15H,3-5,9,12H2,1-2H3,(H,26,27)/b18-13+. The molecule has 1 amide bonds. The second kappa shape index (κ2) is 11.8. The van der Waals surface area contributed by atoms with Crippen LogP contribution in [0.3, 0.4) is 0 Å². The molecule has 0 radical (unpaired) electrons. The minimum Gasteiger partial charge on any atom is -0.493 e. The highest BCUT2D eigenvalue weighted by molar-refractivity contribution is 6.32. The SMILES string of the molecule is CCCCCCOc1c(Cl)cc(/C=C(\C#N)C(=O)Nc2ccccc2)cc1OC. The maximum atomic E-state index is 12.4. The Morgan fingerprint density at radius 3 is 2.62 bits per heavy atom. The molecule has 0 heterocycles. The van der Waals surface area contributed by atoms with E-state index in [1.54, 1.807) is 36.4 Å². The van der Waals surface area contributed by atoms with Crippen molar-refractivity contribution in [2.24, 2.45) is 0 Å². The lowest BCUT2D eigenvalue weighted by atomic mass is 10.1. The van der Waals surface area contributed by atoms with Crippen LogP contribution < -0.4 is 14.8 Å². The number of para-hydroxylation sites is 1. The lowest BCUT2D eigenvalue weighted by molar-refractivity contribution is -0.112. The van der Waals surface area contributed by atoms with Crippen LogP contribution in [0.25, 0.3) is 6.08 Å². The van der Waals surface area contributed by atoms with Crippen molar-refractivity contribution < 1.29 is 14.3 Å². The Morgan fingerprint density at radius 1 is 1.21 bits per heavy atom. The number of hydrogen-bond donors (Lipinski definition) is 1. The molecule has 2 aromatic rings. The van der Waals surface area contributed by atoms with E-state index in [0.29, 0.717) is 34.4 Å². The molecule has 0 aliphatic heterocycles. The van der Waals surface area contributed by atoms with Crippen LogP contribution in [0.2, 0.25) is 5.02 Å². The normalized spacial score (nSPS) is 10.9. The zero-order valence-electron chi connectivity index (χ0n) is 16.7. The minimum atomic E-state index is -0.495. The fourth-order valence-corrected chi connectivity index (χ4v) is 2.98. The van der Waals surface area contributed by atoms with Gasteiger partial charge in [-0.05, 0) is 42.3 Å². The highest BCUT2D eigenvalue weighted by Gasteiger charge is 2.14. The van der Waals surface area contributed by atoms with Crippen LogP contribution >= 0.6 is 11.6 Å². The van der Waals surface area contributed by atoms with Gasteiger partial charge >= 0.3 is 0 Å². The predicted molar refractivity (Wildman–Crippen MR) is 116 cm³/mol. The molecule has 0 aliphatic carbocycles. The summed E-state index contributed by atoms with van der Waals surface area (Å²) in [4.78, 5) is 12.4. The number of carbonyl (C=O) groups is 1. The average Bonchev–Trinajstić information content (AvgIpc) is 2.73.